The number of benzene rings is 3. The van der Waals surface area contributed by atoms with E-state index in [1.54, 1.807) is 30.3 Å². The number of carbonyl (C=O) groups excluding carboxylic acids is 2. The Bertz CT molecular complexity index is 1220. The van der Waals surface area contributed by atoms with Gasteiger partial charge >= 0.3 is 0 Å². The average molecular weight is 398 g/mol. The molecule has 0 radical (unpaired) electrons. The van der Waals surface area contributed by atoms with Gasteiger partial charge in [0.05, 0.1) is 4.88 Å². The molecule has 1 aromatic heterocycles. The maximum Gasteiger partial charge on any atom is 0.265 e. The topological polar surface area (TPSA) is 58.2 Å². The second kappa shape index (κ2) is 7.18. The van der Waals surface area contributed by atoms with E-state index in [-0.39, 0.29) is 11.8 Å². The van der Waals surface area contributed by atoms with Gasteiger partial charge in [0, 0.05) is 22.3 Å². The van der Waals surface area contributed by atoms with Gasteiger partial charge in [0.25, 0.3) is 11.8 Å². The van der Waals surface area contributed by atoms with Crippen LogP contribution in [-0.2, 0) is 12.8 Å². The van der Waals surface area contributed by atoms with E-state index in [9.17, 15) is 9.59 Å². The van der Waals surface area contributed by atoms with Gasteiger partial charge in [-0.2, -0.15) is 0 Å². The van der Waals surface area contributed by atoms with Crippen molar-refractivity contribution in [2.75, 3.05) is 10.6 Å². The summed E-state index contributed by atoms with van der Waals surface area (Å²) in [7, 11) is 0. The van der Waals surface area contributed by atoms with E-state index in [0.29, 0.717) is 16.1 Å². The molecule has 1 heterocycles. The summed E-state index contributed by atoms with van der Waals surface area (Å²) < 4.78 is 0. The first-order valence-corrected chi connectivity index (χ1v) is 10.4. The molecule has 1 aliphatic carbocycles. The van der Waals surface area contributed by atoms with Crippen LogP contribution in [0.1, 0.15) is 31.2 Å². The molecule has 5 heteroatoms. The summed E-state index contributed by atoms with van der Waals surface area (Å²) in [4.78, 5) is 25.6. The highest BCUT2D eigenvalue weighted by atomic mass is 32.1. The first-order valence-electron chi connectivity index (χ1n) is 9.49. The predicted octanol–water partition coefficient (Wildman–Crippen LogP) is 5.50. The van der Waals surface area contributed by atoms with Gasteiger partial charge in [-0.05, 0) is 71.1 Å². The molecule has 0 aliphatic heterocycles. The SMILES string of the molecule is O=C(Nc1ccc2c3c(cccc13)CC2)c1ccc(NC(=O)c2cccs2)cc1. The quantitative estimate of drug-likeness (QED) is 0.477. The second-order valence-electron chi connectivity index (χ2n) is 7.07. The van der Waals surface area contributed by atoms with Crippen molar-refractivity contribution >= 4 is 45.3 Å². The van der Waals surface area contributed by atoms with Crippen LogP contribution in [0.25, 0.3) is 10.8 Å². The second-order valence-corrected chi connectivity index (χ2v) is 8.02. The molecule has 0 bridgehead atoms. The van der Waals surface area contributed by atoms with E-state index in [1.165, 1.54) is 27.8 Å². The van der Waals surface area contributed by atoms with E-state index < -0.39 is 0 Å². The Balaban J connectivity index is 1.34. The number of thiophene rings is 1. The molecule has 4 aromatic rings. The van der Waals surface area contributed by atoms with Crippen molar-refractivity contribution in [1.82, 2.24) is 0 Å². The molecule has 0 saturated heterocycles. The van der Waals surface area contributed by atoms with Gasteiger partial charge in [0.15, 0.2) is 0 Å². The molecular formula is C24H18N2O2S. The minimum absolute atomic E-state index is 0.148. The Hall–Kier alpha value is -3.44. The number of hydrogen-bond donors (Lipinski definition) is 2. The lowest BCUT2D eigenvalue weighted by Gasteiger charge is -2.11. The van der Waals surface area contributed by atoms with Crippen molar-refractivity contribution in [3.63, 3.8) is 0 Å². The first kappa shape index (κ1) is 17.6. The molecule has 0 fully saturated rings. The molecule has 0 spiro atoms. The van der Waals surface area contributed by atoms with Crippen molar-refractivity contribution in [3.8, 4) is 0 Å². The number of rotatable bonds is 4. The number of nitrogens with one attached hydrogen (secondary N) is 2. The number of anilines is 2. The summed E-state index contributed by atoms with van der Waals surface area (Å²) in [5, 5.41) is 10.1. The molecule has 5 rings (SSSR count). The lowest BCUT2D eigenvalue weighted by Crippen LogP contribution is -2.13. The van der Waals surface area contributed by atoms with Gasteiger partial charge in [0.2, 0.25) is 0 Å². The van der Waals surface area contributed by atoms with Crippen LogP contribution in [0.5, 0.6) is 0 Å². The normalized spacial score (nSPS) is 12.1. The fourth-order valence-corrected chi connectivity index (χ4v) is 4.47. The highest BCUT2D eigenvalue weighted by Crippen LogP contribution is 2.35. The van der Waals surface area contributed by atoms with Gasteiger partial charge < -0.3 is 10.6 Å². The lowest BCUT2D eigenvalue weighted by atomic mass is 10.0. The van der Waals surface area contributed by atoms with Crippen molar-refractivity contribution < 1.29 is 9.59 Å². The number of amides is 2. The summed E-state index contributed by atoms with van der Waals surface area (Å²) in [6, 6.07) is 20.9. The smallest absolute Gasteiger partial charge is 0.265 e. The molecule has 29 heavy (non-hydrogen) atoms. The van der Waals surface area contributed by atoms with Gasteiger partial charge in [-0.25, -0.2) is 0 Å². The monoisotopic (exact) mass is 398 g/mol. The summed E-state index contributed by atoms with van der Waals surface area (Å²) >= 11 is 1.39. The van der Waals surface area contributed by atoms with Crippen LogP contribution in [0, 0.1) is 0 Å². The van der Waals surface area contributed by atoms with E-state index in [0.717, 1.165) is 23.9 Å². The number of carbonyl (C=O) groups is 2. The van der Waals surface area contributed by atoms with Crippen LogP contribution in [0.15, 0.2) is 72.1 Å². The predicted molar refractivity (Wildman–Crippen MR) is 118 cm³/mol. The van der Waals surface area contributed by atoms with Gasteiger partial charge in [0.1, 0.15) is 0 Å². The summed E-state index contributed by atoms with van der Waals surface area (Å²) in [5.74, 6) is -0.315. The van der Waals surface area contributed by atoms with Crippen molar-refractivity contribution in [2.45, 2.75) is 12.8 Å². The molecule has 0 unspecified atom stereocenters. The molecule has 3 aromatic carbocycles. The van der Waals surface area contributed by atoms with Crippen LogP contribution in [0.4, 0.5) is 11.4 Å². The minimum Gasteiger partial charge on any atom is -0.321 e. The van der Waals surface area contributed by atoms with Crippen LogP contribution < -0.4 is 10.6 Å². The Labute approximate surface area is 172 Å². The molecule has 1 aliphatic rings. The Morgan fingerprint density at radius 2 is 1.55 bits per heavy atom. The fraction of sp³-hybridized carbons (Fsp3) is 0.0833. The van der Waals surface area contributed by atoms with Crippen LogP contribution in [0.3, 0.4) is 0 Å². The Morgan fingerprint density at radius 1 is 0.759 bits per heavy atom. The molecular weight excluding hydrogens is 380 g/mol. The Morgan fingerprint density at radius 3 is 2.31 bits per heavy atom. The van der Waals surface area contributed by atoms with Crippen molar-refractivity contribution in [2.24, 2.45) is 0 Å². The molecule has 2 N–H and O–H groups in total. The zero-order chi connectivity index (χ0) is 19.8. The third-order valence-corrected chi connectivity index (χ3v) is 6.14. The summed E-state index contributed by atoms with van der Waals surface area (Å²) in [6.07, 6.45) is 2.12. The number of hydrogen-bond acceptors (Lipinski definition) is 3. The zero-order valence-electron chi connectivity index (χ0n) is 15.6. The van der Waals surface area contributed by atoms with Gasteiger partial charge in [-0.3, -0.25) is 9.59 Å². The largest absolute Gasteiger partial charge is 0.321 e. The van der Waals surface area contributed by atoms with Crippen LogP contribution >= 0.6 is 11.3 Å². The number of aryl methyl sites for hydroxylation is 2. The molecule has 0 saturated carbocycles. The molecule has 0 atom stereocenters. The third-order valence-electron chi connectivity index (χ3n) is 5.28. The van der Waals surface area contributed by atoms with E-state index in [2.05, 4.69) is 28.8 Å². The summed E-state index contributed by atoms with van der Waals surface area (Å²) in [6.45, 7) is 0. The molecule has 142 valence electrons. The Kier molecular flexibility index (Phi) is 4.37. The molecule has 2 amide bonds. The summed E-state index contributed by atoms with van der Waals surface area (Å²) in [5.41, 5.74) is 4.72. The highest BCUT2D eigenvalue weighted by Gasteiger charge is 2.17. The standard InChI is InChI=1S/C24H18N2O2S/c27-23(17-8-11-18(12-9-17)25-24(28)21-5-2-14-29-21)26-20-13-10-16-7-6-15-3-1-4-19(20)22(15)16/h1-5,8-14H,6-7H2,(H,25,28)(H,26,27). The van der Waals surface area contributed by atoms with Crippen molar-refractivity contribution in [1.29, 1.82) is 0 Å². The lowest BCUT2D eigenvalue weighted by molar-refractivity contribution is 0.102. The minimum atomic E-state index is -0.167. The van der Waals surface area contributed by atoms with Crippen LogP contribution in [-0.4, -0.2) is 11.8 Å². The molecule has 4 nitrogen and oxygen atoms in total. The van der Waals surface area contributed by atoms with Crippen LogP contribution in [0.2, 0.25) is 0 Å². The first-order chi connectivity index (χ1) is 14.2. The van der Waals surface area contributed by atoms with Gasteiger partial charge in [-0.1, -0.05) is 30.3 Å². The maximum absolute atomic E-state index is 12.8. The van der Waals surface area contributed by atoms with Gasteiger partial charge in [-0.15, -0.1) is 11.3 Å². The third kappa shape index (κ3) is 3.30. The van der Waals surface area contributed by atoms with E-state index in [4.69, 9.17) is 0 Å². The average Bonchev–Trinajstić information content (AvgIpc) is 3.42. The van der Waals surface area contributed by atoms with E-state index >= 15 is 0 Å². The fourth-order valence-electron chi connectivity index (χ4n) is 3.86. The van der Waals surface area contributed by atoms with E-state index in [1.807, 2.05) is 23.6 Å². The zero-order valence-corrected chi connectivity index (χ0v) is 16.4. The highest BCUT2D eigenvalue weighted by molar-refractivity contribution is 7.12. The maximum atomic E-state index is 12.8. The van der Waals surface area contributed by atoms with Crippen molar-refractivity contribution in [3.05, 3.63) is 93.7 Å².